The number of H-pyrrole nitrogens is 1. The molecule has 2 heterocycles. The number of methoxy groups -OCH3 is 2. The van der Waals surface area contributed by atoms with E-state index in [1.807, 2.05) is 52.1 Å². The Morgan fingerprint density at radius 1 is 0.863 bits per heavy atom. The Hall–Kier alpha value is -2.71. The van der Waals surface area contributed by atoms with Crippen LogP contribution in [0.5, 0.6) is 11.5 Å². The molecule has 8 nitrogen and oxygen atoms in total. The number of aromatic amines is 1. The second-order valence-corrected chi connectivity index (χ2v) is 13.0. The molecule has 2 aromatic heterocycles. The van der Waals surface area contributed by atoms with Crippen molar-refractivity contribution in [2.24, 2.45) is 5.92 Å². The Morgan fingerprint density at radius 3 is 2.00 bits per heavy atom. The summed E-state index contributed by atoms with van der Waals surface area (Å²) in [5.74, 6) is 2.33. The number of aromatic nitrogens is 3. The van der Waals surface area contributed by atoms with Gasteiger partial charge in [-0.3, -0.25) is 9.89 Å². The van der Waals surface area contributed by atoms with E-state index in [9.17, 15) is 4.79 Å². The third-order valence-corrected chi connectivity index (χ3v) is 9.58. The second kappa shape index (κ2) is 27.9. The summed E-state index contributed by atoms with van der Waals surface area (Å²) in [6, 6.07) is 5.88. The molecule has 1 aromatic carbocycles. The summed E-state index contributed by atoms with van der Waals surface area (Å²) in [7, 11) is 3.34. The minimum atomic E-state index is -0.602. The standard InChI is InChI=1S/C24H31N4O2.C7H12O2.C7H13.2C2H6.V/c1-16-14-25-24(26-15-18-11-12-19(29-2)13-20(18)30-3)21-22(16)27-28-23(21)17-9-7-5-4-6-8-10-17;8-7(9)6-4-2-1-3-5-6;1-2-4-6-7-5-3-1;2*1-2;/h4,11-14,17H,5-10,15H2,1-3H3,(H,25,26)(H,27,28);6H,1-5H2,(H,8,9);1H,2-7H2;2*1-2H3;/q-1;;-1;;;+2. The minimum absolute atomic E-state index is 0. The van der Waals surface area contributed by atoms with Crippen LogP contribution in [0.4, 0.5) is 5.82 Å². The molecule has 3 N–H and O–H groups in total. The summed E-state index contributed by atoms with van der Waals surface area (Å²) in [6.07, 6.45) is 27.8. The maximum atomic E-state index is 10.4. The summed E-state index contributed by atoms with van der Waals surface area (Å²) in [5, 5.41) is 21.2. The van der Waals surface area contributed by atoms with Gasteiger partial charge >= 0.3 is 24.5 Å². The average molecular weight is 744 g/mol. The number of hydrogen-bond donors (Lipinski definition) is 3. The molecule has 3 aromatic rings. The first kappa shape index (κ1) is 46.3. The van der Waals surface area contributed by atoms with Gasteiger partial charge < -0.3 is 32.7 Å². The molecular weight excluding hydrogens is 675 g/mol. The second-order valence-electron chi connectivity index (χ2n) is 13.0. The van der Waals surface area contributed by atoms with Gasteiger partial charge in [-0.2, -0.15) is 30.8 Å². The van der Waals surface area contributed by atoms with Crippen molar-refractivity contribution < 1.29 is 37.9 Å². The van der Waals surface area contributed by atoms with E-state index >= 15 is 0 Å². The molecule has 0 amide bonds. The Morgan fingerprint density at radius 2 is 1.45 bits per heavy atom. The van der Waals surface area contributed by atoms with Crippen molar-refractivity contribution in [1.29, 1.82) is 0 Å². The molecule has 0 unspecified atom stereocenters. The summed E-state index contributed by atoms with van der Waals surface area (Å²) in [4.78, 5) is 15.1. The molecule has 3 aliphatic carbocycles. The van der Waals surface area contributed by atoms with E-state index in [4.69, 9.17) is 19.6 Å². The molecule has 0 bridgehead atoms. The van der Waals surface area contributed by atoms with Crippen LogP contribution in [0, 0.1) is 25.7 Å². The number of benzene rings is 1. The molecule has 3 saturated carbocycles. The number of rotatable bonds is 7. The first-order valence-corrected chi connectivity index (χ1v) is 19.7. The predicted octanol–water partition coefficient (Wildman–Crippen LogP) is 11.8. The van der Waals surface area contributed by atoms with Crippen molar-refractivity contribution in [3.05, 3.63) is 54.1 Å². The van der Waals surface area contributed by atoms with Gasteiger partial charge in [0, 0.05) is 36.0 Å². The van der Waals surface area contributed by atoms with Crippen LogP contribution < -0.4 is 14.8 Å². The Labute approximate surface area is 321 Å². The largest absolute Gasteiger partial charge is 2.00 e. The molecule has 3 aliphatic rings. The van der Waals surface area contributed by atoms with Crippen molar-refractivity contribution in [3.8, 4) is 11.5 Å². The van der Waals surface area contributed by atoms with Crippen LogP contribution in [0.3, 0.4) is 0 Å². The van der Waals surface area contributed by atoms with Gasteiger partial charge in [-0.15, -0.1) is 0 Å². The van der Waals surface area contributed by atoms with E-state index in [0.717, 1.165) is 65.0 Å². The van der Waals surface area contributed by atoms with Crippen molar-refractivity contribution >= 4 is 22.7 Å². The smallest absolute Gasteiger partial charge is 0.497 e. The SMILES string of the molecule is CC.CC.COc1ccc(CNc2ncc(C)c3n[nH]c(C4CCC[CH-]CCC4)c23)c(OC)c1.O=C(O)C1CCCCC1.[CH-]1CCCCCC1.[V+2]. The van der Waals surface area contributed by atoms with Crippen LogP contribution in [0.25, 0.3) is 10.9 Å². The molecular formula is C42H68N4O4V. The first-order chi connectivity index (χ1) is 24.5. The maximum absolute atomic E-state index is 10.4. The molecule has 0 aliphatic heterocycles. The topological polar surface area (TPSA) is 109 Å². The Balaban J connectivity index is 0.000000506. The molecule has 1 radical (unpaired) electrons. The number of fused-ring (bicyclic) bond motifs is 1. The van der Waals surface area contributed by atoms with Crippen LogP contribution in [0.2, 0.25) is 0 Å². The third kappa shape index (κ3) is 15.8. The van der Waals surface area contributed by atoms with Gasteiger partial charge in [-0.25, -0.2) is 4.98 Å². The number of nitrogens with one attached hydrogen (secondary N) is 2. The molecule has 9 heteroatoms. The van der Waals surface area contributed by atoms with E-state index in [2.05, 4.69) is 35.3 Å². The van der Waals surface area contributed by atoms with Crippen LogP contribution in [-0.4, -0.2) is 40.5 Å². The summed E-state index contributed by atoms with van der Waals surface area (Å²) in [6.45, 7) is 10.7. The Bertz CT molecular complexity index is 1310. The van der Waals surface area contributed by atoms with Gasteiger partial charge in [0.1, 0.15) is 22.8 Å². The molecule has 0 atom stereocenters. The number of carbonyl (C=O) groups is 1. The number of carboxylic acids is 1. The fraction of sp³-hybridized carbons (Fsp3) is 0.643. The maximum Gasteiger partial charge on any atom is 2.00 e. The summed E-state index contributed by atoms with van der Waals surface area (Å²) < 4.78 is 10.9. The molecule has 51 heavy (non-hydrogen) atoms. The van der Waals surface area contributed by atoms with Crippen LogP contribution in [0.15, 0.2) is 24.4 Å². The zero-order valence-corrected chi connectivity index (χ0v) is 34.3. The van der Waals surface area contributed by atoms with Gasteiger partial charge in [-0.05, 0) is 50.3 Å². The molecule has 0 saturated heterocycles. The monoisotopic (exact) mass is 743 g/mol. The third-order valence-electron chi connectivity index (χ3n) is 9.58. The average Bonchev–Trinajstić information content (AvgIpc) is 3.38. The molecule has 3 fully saturated rings. The Kier molecular flexibility index (Phi) is 25.3. The number of carboxylic acid groups (broad SMARTS) is 1. The fourth-order valence-corrected chi connectivity index (χ4v) is 6.79. The number of aryl methyl sites for hydroxylation is 1. The molecule has 285 valence electrons. The zero-order valence-electron chi connectivity index (χ0n) is 32.9. The quantitative estimate of drug-likeness (QED) is 0.163. The fourth-order valence-electron chi connectivity index (χ4n) is 6.79. The van der Waals surface area contributed by atoms with Crippen LogP contribution in [0.1, 0.15) is 160 Å². The van der Waals surface area contributed by atoms with Crippen molar-refractivity contribution in [2.75, 3.05) is 19.5 Å². The van der Waals surface area contributed by atoms with Crippen LogP contribution in [-0.2, 0) is 29.9 Å². The van der Waals surface area contributed by atoms with Gasteiger partial charge in [-0.1, -0.05) is 85.5 Å². The number of nitrogens with zero attached hydrogens (tertiary/aromatic N) is 2. The number of aliphatic carboxylic acids is 1. The van der Waals surface area contributed by atoms with Crippen molar-refractivity contribution in [2.45, 2.75) is 156 Å². The van der Waals surface area contributed by atoms with Gasteiger partial charge in [0.05, 0.1) is 25.5 Å². The van der Waals surface area contributed by atoms with Crippen molar-refractivity contribution in [3.63, 3.8) is 0 Å². The van der Waals surface area contributed by atoms with Gasteiger partial charge in [0.25, 0.3) is 0 Å². The number of anilines is 1. The number of pyridine rings is 1. The van der Waals surface area contributed by atoms with Crippen LogP contribution >= 0.6 is 0 Å². The van der Waals surface area contributed by atoms with Gasteiger partial charge in [0.2, 0.25) is 0 Å². The summed E-state index contributed by atoms with van der Waals surface area (Å²) >= 11 is 0. The van der Waals surface area contributed by atoms with E-state index < -0.39 is 5.97 Å². The molecule has 0 spiro atoms. The minimum Gasteiger partial charge on any atom is -0.497 e. The van der Waals surface area contributed by atoms with E-state index in [-0.39, 0.29) is 24.5 Å². The van der Waals surface area contributed by atoms with E-state index in [1.54, 1.807) is 14.2 Å². The number of hydrogen-bond acceptors (Lipinski definition) is 6. The molecule has 6 rings (SSSR count). The van der Waals surface area contributed by atoms with Crippen molar-refractivity contribution in [1.82, 2.24) is 15.2 Å². The zero-order chi connectivity index (χ0) is 36.6. The first-order valence-electron chi connectivity index (χ1n) is 19.7. The van der Waals surface area contributed by atoms with E-state index in [0.29, 0.717) is 12.5 Å². The van der Waals surface area contributed by atoms with Gasteiger partial charge in [0.15, 0.2) is 0 Å². The number of ether oxygens (including phenoxy) is 2. The normalized spacial score (nSPS) is 16.5. The predicted molar refractivity (Wildman–Crippen MR) is 209 cm³/mol. The van der Waals surface area contributed by atoms with E-state index in [1.165, 1.54) is 89.2 Å². The summed E-state index contributed by atoms with van der Waals surface area (Å²) in [5.41, 5.74) is 4.39.